The second kappa shape index (κ2) is 5.36. The molecule has 1 saturated carbocycles. The topological polar surface area (TPSA) is 59.8 Å². The first-order valence-corrected chi connectivity index (χ1v) is 7.59. The van der Waals surface area contributed by atoms with Gasteiger partial charge in [0, 0.05) is 36.7 Å². The zero-order valence-electron chi connectivity index (χ0n) is 12.6. The third-order valence-corrected chi connectivity index (χ3v) is 4.17. The number of benzene rings is 1. The maximum atomic E-state index is 12.9. The van der Waals surface area contributed by atoms with Gasteiger partial charge in [0.15, 0.2) is 0 Å². The van der Waals surface area contributed by atoms with Gasteiger partial charge >= 0.3 is 0 Å². The molecule has 122 valence electrons. The third-order valence-electron chi connectivity index (χ3n) is 4.17. The van der Waals surface area contributed by atoms with Gasteiger partial charge in [0.1, 0.15) is 0 Å². The van der Waals surface area contributed by atoms with Crippen molar-refractivity contribution in [3.8, 4) is 5.69 Å². The van der Waals surface area contributed by atoms with Crippen LogP contribution in [0.2, 0.25) is 0 Å². The highest BCUT2D eigenvalue weighted by molar-refractivity contribution is 6.06. The van der Waals surface area contributed by atoms with Crippen LogP contribution in [0.15, 0.2) is 48.9 Å². The fourth-order valence-corrected chi connectivity index (χ4v) is 2.66. The second-order valence-corrected chi connectivity index (χ2v) is 5.90. The quantitative estimate of drug-likeness (QED) is 0.801. The van der Waals surface area contributed by atoms with Gasteiger partial charge in [0.2, 0.25) is 0 Å². The summed E-state index contributed by atoms with van der Waals surface area (Å²) in [7, 11) is 0. The maximum Gasteiger partial charge on any atom is 0.253 e. The summed E-state index contributed by atoms with van der Waals surface area (Å²) in [4.78, 5) is 16.4. The molecule has 1 atom stereocenters. The number of fused-ring (bicyclic) bond motifs is 1. The van der Waals surface area contributed by atoms with E-state index < -0.39 is 11.8 Å². The smallest absolute Gasteiger partial charge is 0.253 e. The van der Waals surface area contributed by atoms with E-state index in [2.05, 4.69) is 15.4 Å². The summed E-state index contributed by atoms with van der Waals surface area (Å²) in [5.74, 6) is -3.75. The summed E-state index contributed by atoms with van der Waals surface area (Å²) >= 11 is 0. The number of hydrogen-bond acceptors (Lipinski definition) is 3. The van der Waals surface area contributed by atoms with Crippen LogP contribution in [0.5, 0.6) is 0 Å². The first-order valence-electron chi connectivity index (χ1n) is 7.59. The van der Waals surface area contributed by atoms with Crippen molar-refractivity contribution >= 4 is 16.8 Å². The molecule has 0 aliphatic heterocycles. The summed E-state index contributed by atoms with van der Waals surface area (Å²) in [6.07, 6.45) is 4.92. The number of carbonyl (C=O) groups excluding carboxylic acids is 1. The number of carbonyl (C=O) groups is 1. The standard InChI is InChI=1S/C17H14F2N4O/c18-17(19)7-11(17)8-21-16(24)13-4-1-5-15-14(13)10-23(22-15)12-3-2-6-20-9-12/h1-6,9-11H,7-8H2,(H,21,24). The van der Waals surface area contributed by atoms with Crippen LogP contribution in [-0.4, -0.2) is 33.1 Å². The van der Waals surface area contributed by atoms with Gasteiger partial charge in [-0.25, -0.2) is 13.5 Å². The molecule has 0 bridgehead atoms. The van der Waals surface area contributed by atoms with E-state index in [-0.39, 0.29) is 18.9 Å². The highest BCUT2D eigenvalue weighted by Crippen LogP contribution is 2.48. The maximum absolute atomic E-state index is 12.9. The van der Waals surface area contributed by atoms with E-state index in [4.69, 9.17) is 0 Å². The van der Waals surface area contributed by atoms with Gasteiger partial charge in [0.25, 0.3) is 11.8 Å². The molecule has 0 radical (unpaired) electrons. The number of nitrogens with zero attached hydrogens (tertiary/aromatic N) is 3. The molecule has 1 aliphatic rings. The first kappa shape index (κ1) is 14.7. The largest absolute Gasteiger partial charge is 0.352 e. The molecule has 1 aliphatic carbocycles. The van der Waals surface area contributed by atoms with Crippen LogP contribution in [0, 0.1) is 5.92 Å². The third kappa shape index (κ3) is 2.62. The lowest BCUT2D eigenvalue weighted by atomic mass is 10.1. The van der Waals surface area contributed by atoms with Crippen molar-refractivity contribution in [1.82, 2.24) is 20.1 Å². The van der Waals surface area contributed by atoms with Crippen LogP contribution >= 0.6 is 0 Å². The predicted molar refractivity (Wildman–Crippen MR) is 84.3 cm³/mol. The molecule has 1 N–H and O–H groups in total. The van der Waals surface area contributed by atoms with Crippen LogP contribution < -0.4 is 5.32 Å². The Labute approximate surface area is 136 Å². The number of pyridine rings is 1. The lowest BCUT2D eigenvalue weighted by Gasteiger charge is -2.05. The van der Waals surface area contributed by atoms with Gasteiger partial charge in [0.05, 0.1) is 23.0 Å². The lowest BCUT2D eigenvalue weighted by molar-refractivity contribution is 0.0896. The molecule has 1 amide bonds. The molecule has 3 aromatic rings. The van der Waals surface area contributed by atoms with Crippen molar-refractivity contribution < 1.29 is 13.6 Å². The monoisotopic (exact) mass is 328 g/mol. The molecule has 5 nitrogen and oxygen atoms in total. The summed E-state index contributed by atoms with van der Waals surface area (Å²) in [6, 6.07) is 8.84. The van der Waals surface area contributed by atoms with Crippen molar-refractivity contribution in [3.05, 3.63) is 54.5 Å². The van der Waals surface area contributed by atoms with Crippen molar-refractivity contribution in [2.45, 2.75) is 12.3 Å². The number of alkyl halides is 2. The Balaban J connectivity index is 1.61. The van der Waals surface area contributed by atoms with Crippen LogP contribution in [0.4, 0.5) is 8.78 Å². The van der Waals surface area contributed by atoms with E-state index in [1.165, 1.54) is 0 Å². The summed E-state index contributed by atoms with van der Waals surface area (Å²) in [5.41, 5.74) is 1.85. The van der Waals surface area contributed by atoms with Crippen LogP contribution in [-0.2, 0) is 0 Å². The molecule has 0 saturated heterocycles. The van der Waals surface area contributed by atoms with Gasteiger partial charge in [-0.2, -0.15) is 5.10 Å². The molecular weight excluding hydrogens is 314 g/mol. The highest BCUT2D eigenvalue weighted by atomic mass is 19.3. The average Bonchev–Trinajstić information content (AvgIpc) is 3.00. The summed E-state index contributed by atoms with van der Waals surface area (Å²) < 4.78 is 27.5. The molecule has 2 aromatic heterocycles. The molecule has 4 rings (SSSR count). The molecule has 1 fully saturated rings. The Morgan fingerprint density at radius 1 is 1.33 bits per heavy atom. The van der Waals surface area contributed by atoms with Crippen molar-refractivity contribution in [2.24, 2.45) is 5.92 Å². The molecule has 1 unspecified atom stereocenters. The van der Waals surface area contributed by atoms with Gasteiger partial charge < -0.3 is 5.32 Å². The minimum Gasteiger partial charge on any atom is -0.352 e. The average molecular weight is 328 g/mol. The van der Waals surface area contributed by atoms with E-state index >= 15 is 0 Å². The minimum atomic E-state index is -2.63. The first-order chi connectivity index (χ1) is 11.5. The molecule has 7 heteroatoms. The van der Waals surface area contributed by atoms with Crippen LogP contribution in [0.25, 0.3) is 16.6 Å². The molecule has 2 heterocycles. The van der Waals surface area contributed by atoms with Gasteiger partial charge in [-0.3, -0.25) is 9.78 Å². The van der Waals surface area contributed by atoms with E-state index in [1.54, 1.807) is 47.5 Å². The normalized spacial score (nSPS) is 18.5. The molecular formula is C17H14F2N4O. The number of rotatable bonds is 4. The zero-order valence-corrected chi connectivity index (χ0v) is 12.6. The Kier molecular flexibility index (Phi) is 3.30. The second-order valence-electron chi connectivity index (χ2n) is 5.90. The zero-order chi connectivity index (χ0) is 16.7. The molecule has 0 spiro atoms. The number of hydrogen-bond donors (Lipinski definition) is 1. The Morgan fingerprint density at radius 2 is 2.17 bits per heavy atom. The summed E-state index contributed by atoms with van der Waals surface area (Å²) in [5, 5.41) is 7.69. The molecule has 24 heavy (non-hydrogen) atoms. The Morgan fingerprint density at radius 3 is 2.88 bits per heavy atom. The fraction of sp³-hybridized carbons (Fsp3) is 0.235. The van der Waals surface area contributed by atoms with Crippen LogP contribution in [0.1, 0.15) is 16.8 Å². The predicted octanol–water partition coefficient (Wildman–Crippen LogP) is 2.81. The van der Waals surface area contributed by atoms with Crippen LogP contribution in [0.3, 0.4) is 0 Å². The van der Waals surface area contributed by atoms with Crippen molar-refractivity contribution in [2.75, 3.05) is 6.54 Å². The summed E-state index contributed by atoms with van der Waals surface area (Å²) in [6.45, 7) is -0.0149. The number of amides is 1. The molecule has 1 aromatic carbocycles. The van der Waals surface area contributed by atoms with E-state index in [1.807, 2.05) is 6.07 Å². The van der Waals surface area contributed by atoms with E-state index in [9.17, 15) is 13.6 Å². The minimum absolute atomic E-state index is 0.0149. The van der Waals surface area contributed by atoms with E-state index in [0.29, 0.717) is 16.5 Å². The number of nitrogens with one attached hydrogen (secondary N) is 1. The van der Waals surface area contributed by atoms with E-state index in [0.717, 1.165) is 5.69 Å². The van der Waals surface area contributed by atoms with Crippen molar-refractivity contribution in [3.63, 3.8) is 0 Å². The number of halogens is 2. The number of aromatic nitrogens is 3. The fourth-order valence-electron chi connectivity index (χ4n) is 2.66. The van der Waals surface area contributed by atoms with Gasteiger partial charge in [-0.1, -0.05) is 6.07 Å². The van der Waals surface area contributed by atoms with Gasteiger partial charge in [-0.15, -0.1) is 0 Å². The highest BCUT2D eigenvalue weighted by Gasteiger charge is 2.56. The Hall–Kier alpha value is -2.83. The lowest BCUT2D eigenvalue weighted by Crippen LogP contribution is -2.27. The SMILES string of the molecule is O=C(NCC1CC1(F)F)c1cccc2nn(-c3cccnc3)cc12. The van der Waals surface area contributed by atoms with Crippen molar-refractivity contribution in [1.29, 1.82) is 0 Å². The Bertz CT molecular complexity index is 907. The van der Waals surface area contributed by atoms with Gasteiger partial charge in [-0.05, 0) is 24.3 Å².